The second-order valence-corrected chi connectivity index (χ2v) is 7.57. The molecule has 2 fully saturated rings. The van der Waals surface area contributed by atoms with Crippen molar-refractivity contribution in [3.8, 4) is 28.9 Å². The zero-order valence-electron chi connectivity index (χ0n) is 15.6. The molecule has 2 atom stereocenters. The molecule has 5 rings (SSSR count). The minimum absolute atomic E-state index is 0.226. The highest BCUT2D eigenvalue weighted by molar-refractivity contribution is 5.94. The topological polar surface area (TPSA) is 94.0 Å². The van der Waals surface area contributed by atoms with Crippen LogP contribution in [-0.2, 0) is 0 Å². The number of aromatic nitrogens is 2. The van der Waals surface area contributed by atoms with Crippen LogP contribution in [-0.4, -0.2) is 39.6 Å². The number of nitrogens with one attached hydrogen (secondary N) is 2. The molecule has 7 nitrogen and oxygen atoms in total. The summed E-state index contributed by atoms with van der Waals surface area (Å²) in [5, 5.41) is 19.3. The van der Waals surface area contributed by atoms with Crippen LogP contribution in [0.3, 0.4) is 0 Å². The molecule has 3 aromatic rings. The molecule has 1 amide bonds. The molecule has 1 aromatic heterocycles. The predicted octanol–water partition coefficient (Wildman–Crippen LogP) is 3.15. The van der Waals surface area contributed by atoms with Crippen LogP contribution in [0.15, 0.2) is 60.7 Å². The highest BCUT2D eigenvalue weighted by Gasteiger charge is 2.61. The largest absolute Gasteiger partial charge is 0.457 e. The molecule has 1 saturated heterocycles. The summed E-state index contributed by atoms with van der Waals surface area (Å²) in [6, 6.07) is 18.9. The van der Waals surface area contributed by atoms with E-state index in [1.165, 1.54) is 0 Å². The molecule has 29 heavy (non-hydrogen) atoms. The van der Waals surface area contributed by atoms with E-state index in [1.807, 2.05) is 54.6 Å². The maximum Gasteiger partial charge on any atom is 0.272 e. The maximum atomic E-state index is 12.7. The van der Waals surface area contributed by atoms with E-state index in [2.05, 4.69) is 21.7 Å². The van der Waals surface area contributed by atoms with Crippen molar-refractivity contribution in [2.75, 3.05) is 13.1 Å². The van der Waals surface area contributed by atoms with Gasteiger partial charge in [0.05, 0.1) is 17.8 Å². The maximum absolute atomic E-state index is 12.7. The van der Waals surface area contributed by atoms with E-state index >= 15 is 0 Å². The van der Waals surface area contributed by atoms with Gasteiger partial charge in [0.25, 0.3) is 5.91 Å². The number of benzene rings is 2. The fraction of sp³-hybridized carbons (Fsp3) is 0.227. The summed E-state index contributed by atoms with van der Waals surface area (Å²) in [6.07, 6.45) is 3.08. The Morgan fingerprint density at radius 1 is 1.24 bits per heavy atom. The van der Waals surface area contributed by atoms with Gasteiger partial charge in [-0.15, -0.1) is 0 Å². The normalized spacial score (nSPS) is 21.9. The number of ether oxygens (including phenoxy) is 1. The zero-order chi connectivity index (χ0) is 19.8. The van der Waals surface area contributed by atoms with Crippen molar-refractivity contribution in [1.82, 2.24) is 20.4 Å². The smallest absolute Gasteiger partial charge is 0.272 e. The summed E-state index contributed by atoms with van der Waals surface area (Å²) < 4.78 is 6.00. The standard InChI is InChI=1S/C22H19N5O2/c23-14-27-12-15-11-22(15,13-27)24-21(28)19-10-18(25-26-19)17-8-4-5-9-20(17)29-16-6-2-1-3-7-16/h1-10,15H,11-13H2,(H,24,28)(H,25,26)/t15-,22-/m0/s1. The molecule has 1 aliphatic heterocycles. The Kier molecular flexibility index (Phi) is 3.98. The van der Waals surface area contributed by atoms with Crippen molar-refractivity contribution >= 4 is 5.91 Å². The second-order valence-electron chi connectivity index (χ2n) is 7.57. The van der Waals surface area contributed by atoms with E-state index in [-0.39, 0.29) is 11.4 Å². The molecule has 7 heteroatoms. The lowest BCUT2D eigenvalue weighted by Gasteiger charge is -2.16. The van der Waals surface area contributed by atoms with Crippen LogP contribution < -0.4 is 10.1 Å². The van der Waals surface area contributed by atoms with E-state index in [4.69, 9.17) is 10.00 Å². The van der Waals surface area contributed by atoms with E-state index in [9.17, 15) is 4.79 Å². The van der Waals surface area contributed by atoms with Gasteiger partial charge in [-0.05, 0) is 36.8 Å². The fourth-order valence-corrected chi connectivity index (χ4v) is 4.01. The lowest BCUT2D eigenvalue weighted by molar-refractivity contribution is 0.0924. The average Bonchev–Trinajstić information content (AvgIpc) is 3.10. The summed E-state index contributed by atoms with van der Waals surface area (Å²) in [7, 11) is 0. The second kappa shape index (κ2) is 6.67. The van der Waals surface area contributed by atoms with Crippen molar-refractivity contribution in [2.45, 2.75) is 12.0 Å². The van der Waals surface area contributed by atoms with Gasteiger partial charge in [-0.25, -0.2) is 0 Å². The number of fused-ring (bicyclic) bond motifs is 1. The number of likely N-dealkylation sites (tertiary alicyclic amines) is 1. The van der Waals surface area contributed by atoms with Gasteiger partial charge >= 0.3 is 0 Å². The Hall–Kier alpha value is -3.79. The number of carbonyl (C=O) groups excluding carboxylic acids is 1. The quantitative estimate of drug-likeness (QED) is 0.658. The summed E-state index contributed by atoms with van der Waals surface area (Å²) in [5.41, 5.74) is 1.57. The molecular formula is C22H19N5O2. The summed E-state index contributed by atoms with van der Waals surface area (Å²) >= 11 is 0. The van der Waals surface area contributed by atoms with Crippen LogP contribution in [0.2, 0.25) is 0 Å². The van der Waals surface area contributed by atoms with Crippen LogP contribution in [0.25, 0.3) is 11.3 Å². The van der Waals surface area contributed by atoms with Crippen molar-refractivity contribution in [2.24, 2.45) is 5.92 Å². The molecule has 2 aromatic carbocycles. The lowest BCUT2D eigenvalue weighted by Crippen LogP contribution is -2.41. The first-order valence-electron chi connectivity index (χ1n) is 9.52. The highest BCUT2D eigenvalue weighted by Crippen LogP contribution is 2.49. The number of carbonyl (C=O) groups is 1. The van der Waals surface area contributed by atoms with Crippen LogP contribution >= 0.6 is 0 Å². The van der Waals surface area contributed by atoms with Gasteiger partial charge in [0.15, 0.2) is 11.9 Å². The molecule has 2 N–H and O–H groups in total. The first kappa shape index (κ1) is 17.3. The van der Waals surface area contributed by atoms with Gasteiger partial charge in [0.1, 0.15) is 11.5 Å². The minimum atomic E-state index is -0.278. The number of H-pyrrole nitrogens is 1. The first-order chi connectivity index (χ1) is 14.2. The van der Waals surface area contributed by atoms with Crippen LogP contribution in [0.4, 0.5) is 0 Å². The number of amides is 1. The number of piperidine rings is 1. The van der Waals surface area contributed by atoms with Crippen molar-refractivity contribution in [1.29, 1.82) is 5.26 Å². The number of rotatable bonds is 5. The van der Waals surface area contributed by atoms with Gasteiger partial charge in [-0.3, -0.25) is 9.89 Å². The van der Waals surface area contributed by atoms with Gasteiger partial charge < -0.3 is 15.0 Å². The third-order valence-electron chi connectivity index (χ3n) is 5.61. The lowest BCUT2D eigenvalue weighted by atomic mass is 10.1. The number of nitrogens with zero attached hydrogens (tertiary/aromatic N) is 3. The van der Waals surface area contributed by atoms with Gasteiger partial charge in [-0.1, -0.05) is 30.3 Å². The van der Waals surface area contributed by atoms with Gasteiger partial charge in [-0.2, -0.15) is 10.4 Å². The number of aromatic amines is 1. The molecule has 144 valence electrons. The minimum Gasteiger partial charge on any atom is -0.457 e. The molecule has 0 spiro atoms. The van der Waals surface area contributed by atoms with E-state index in [1.54, 1.807) is 11.0 Å². The SMILES string of the molecule is N#CN1C[C@@H]2C[C@]2(NC(=O)c2cc(-c3ccccc3Oc3ccccc3)[nH]n2)C1. The Labute approximate surface area is 167 Å². The zero-order valence-corrected chi connectivity index (χ0v) is 15.6. The molecule has 0 radical (unpaired) electrons. The molecule has 2 heterocycles. The van der Waals surface area contributed by atoms with Gasteiger partial charge in [0.2, 0.25) is 0 Å². The number of para-hydroxylation sites is 2. The molecule has 0 bridgehead atoms. The molecule has 2 aliphatic rings. The van der Waals surface area contributed by atoms with E-state index < -0.39 is 0 Å². The molecule has 1 aliphatic carbocycles. The average molecular weight is 385 g/mol. The Morgan fingerprint density at radius 3 is 2.83 bits per heavy atom. The fourth-order valence-electron chi connectivity index (χ4n) is 4.01. The third-order valence-corrected chi connectivity index (χ3v) is 5.61. The molecule has 1 saturated carbocycles. The van der Waals surface area contributed by atoms with Crippen molar-refractivity contribution < 1.29 is 9.53 Å². The van der Waals surface area contributed by atoms with E-state index in [0.717, 1.165) is 17.7 Å². The third kappa shape index (κ3) is 3.19. The highest BCUT2D eigenvalue weighted by atomic mass is 16.5. The summed E-state index contributed by atoms with van der Waals surface area (Å²) in [4.78, 5) is 14.4. The van der Waals surface area contributed by atoms with Crippen molar-refractivity contribution in [3.63, 3.8) is 0 Å². The summed E-state index contributed by atoms with van der Waals surface area (Å²) in [6.45, 7) is 1.29. The van der Waals surface area contributed by atoms with Crippen LogP contribution in [0.5, 0.6) is 11.5 Å². The van der Waals surface area contributed by atoms with Crippen LogP contribution in [0.1, 0.15) is 16.9 Å². The van der Waals surface area contributed by atoms with E-state index in [0.29, 0.717) is 36.1 Å². The summed E-state index contributed by atoms with van der Waals surface area (Å²) in [5.74, 6) is 1.54. The van der Waals surface area contributed by atoms with Crippen LogP contribution in [0, 0.1) is 17.4 Å². The number of nitriles is 1. The Balaban J connectivity index is 1.35. The molecular weight excluding hydrogens is 366 g/mol. The number of hydrogen-bond donors (Lipinski definition) is 2. The monoisotopic (exact) mass is 385 g/mol. The molecule has 0 unspecified atom stereocenters. The van der Waals surface area contributed by atoms with Gasteiger partial charge in [0, 0.05) is 18.0 Å². The Bertz CT molecular complexity index is 1100. The number of hydrogen-bond acceptors (Lipinski definition) is 5. The Morgan fingerprint density at radius 2 is 2.03 bits per heavy atom. The predicted molar refractivity (Wildman–Crippen MR) is 106 cm³/mol. The first-order valence-corrected chi connectivity index (χ1v) is 9.52. The van der Waals surface area contributed by atoms with Crippen molar-refractivity contribution in [3.05, 3.63) is 66.4 Å².